The minimum absolute atomic E-state index is 0.191. The summed E-state index contributed by atoms with van der Waals surface area (Å²) in [6.45, 7) is 0. The molecule has 0 aliphatic heterocycles. The Balaban J connectivity index is 1.94. The maximum atomic E-state index is 14.0. The molecule has 7 nitrogen and oxygen atoms in total. The van der Waals surface area contributed by atoms with Crippen LogP contribution in [0.1, 0.15) is 39.1 Å². The van der Waals surface area contributed by atoms with Crippen molar-refractivity contribution < 1.29 is 33.1 Å². The van der Waals surface area contributed by atoms with Crippen molar-refractivity contribution in [2.24, 2.45) is 5.92 Å². The molecule has 3 aromatic rings. The summed E-state index contributed by atoms with van der Waals surface area (Å²) >= 11 is 0. The molecule has 0 aromatic heterocycles. The second-order valence-electron chi connectivity index (χ2n) is 8.45. The molecule has 0 aliphatic carbocycles. The van der Waals surface area contributed by atoms with E-state index in [2.05, 4.69) is 0 Å². The smallest absolute Gasteiger partial charge is 0.181 e. The van der Waals surface area contributed by atoms with Gasteiger partial charge in [0.15, 0.2) is 11.6 Å². The van der Waals surface area contributed by atoms with E-state index in [1.54, 1.807) is 36.4 Å². The van der Waals surface area contributed by atoms with Crippen molar-refractivity contribution in [3.63, 3.8) is 0 Å². The number of hydrogen-bond donors (Lipinski definition) is 0. The summed E-state index contributed by atoms with van der Waals surface area (Å²) in [5, 5.41) is 0. The zero-order valence-corrected chi connectivity index (χ0v) is 22.6. The number of ether oxygens (including phenoxy) is 4. The van der Waals surface area contributed by atoms with Gasteiger partial charge in [0.05, 0.1) is 42.2 Å². The van der Waals surface area contributed by atoms with Crippen molar-refractivity contribution in [2.75, 3.05) is 34.6 Å². The fourth-order valence-corrected chi connectivity index (χ4v) is 5.80. The van der Waals surface area contributed by atoms with Crippen molar-refractivity contribution in [3.05, 3.63) is 83.4 Å². The molecule has 8 heteroatoms. The van der Waals surface area contributed by atoms with E-state index in [1.807, 2.05) is 30.3 Å². The summed E-state index contributed by atoms with van der Waals surface area (Å²) < 4.78 is 34.6. The first-order valence-electron chi connectivity index (χ1n) is 12.0. The Labute approximate surface area is 218 Å². The van der Waals surface area contributed by atoms with Crippen LogP contribution in [-0.2, 0) is 10.7 Å². The van der Waals surface area contributed by atoms with E-state index in [0.29, 0.717) is 41.7 Å². The second-order valence-corrected chi connectivity index (χ2v) is 10.4. The number of benzene rings is 3. The van der Waals surface area contributed by atoms with Crippen LogP contribution < -0.4 is 18.9 Å². The summed E-state index contributed by atoms with van der Waals surface area (Å²) in [7, 11) is 3.90. The van der Waals surface area contributed by atoms with Crippen molar-refractivity contribution in [1.82, 2.24) is 0 Å². The topological polar surface area (TPSA) is 88.1 Å². The van der Waals surface area contributed by atoms with Crippen LogP contribution in [0.15, 0.2) is 66.7 Å². The minimum atomic E-state index is -1.94. The van der Waals surface area contributed by atoms with Gasteiger partial charge in [-0.3, -0.25) is 9.59 Å². The van der Waals surface area contributed by atoms with Gasteiger partial charge >= 0.3 is 0 Å². The first kappa shape index (κ1) is 28.0. The Bertz CT molecular complexity index is 1130. The molecular weight excluding hydrogens is 491 g/mol. The Kier molecular flexibility index (Phi) is 10.3. The molecule has 0 aliphatic rings. The molecule has 0 saturated heterocycles. The quantitative estimate of drug-likeness (QED) is 0.146. The lowest BCUT2D eigenvalue weighted by molar-refractivity contribution is 0.0792. The highest BCUT2D eigenvalue weighted by Crippen LogP contribution is 2.37. The first-order chi connectivity index (χ1) is 17.9. The lowest BCUT2D eigenvalue weighted by Crippen LogP contribution is -2.26. The largest absolute Gasteiger partial charge is 0.496 e. The van der Waals surface area contributed by atoms with Crippen LogP contribution in [-0.4, -0.2) is 46.2 Å². The Morgan fingerprint density at radius 3 is 1.51 bits per heavy atom. The maximum Gasteiger partial charge on any atom is 0.181 e. The number of carbonyl (C=O) groups excluding carboxylic acids is 2. The maximum absolute atomic E-state index is 14.0. The van der Waals surface area contributed by atoms with Gasteiger partial charge in [0, 0.05) is 6.16 Å². The van der Waals surface area contributed by atoms with E-state index < -0.39 is 25.3 Å². The third-order valence-corrected chi connectivity index (χ3v) is 7.89. The molecule has 37 heavy (non-hydrogen) atoms. The molecule has 0 fully saturated rings. The number of hydrogen-bond acceptors (Lipinski definition) is 7. The van der Waals surface area contributed by atoms with Crippen LogP contribution in [0.2, 0.25) is 0 Å². The van der Waals surface area contributed by atoms with E-state index in [0.717, 1.165) is 5.56 Å². The van der Waals surface area contributed by atoms with Gasteiger partial charge in [-0.1, -0.05) is 42.5 Å². The van der Waals surface area contributed by atoms with Gasteiger partial charge < -0.3 is 23.5 Å². The van der Waals surface area contributed by atoms with Crippen LogP contribution in [0, 0.1) is 5.92 Å². The van der Waals surface area contributed by atoms with Crippen LogP contribution in [0.25, 0.3) is 0 Å². The normalized spacial score (nSPS) is 11.6. The summed E-state index contributed by atoms with van der Waals surface area (Å²) in [6.07, 6.45) is 1.54. The van der Waals surface area contributed by atoms with Gasteiger partial charge in [0.25, 0.3) is 0 Å². The Hall–Kier alpha value is -3.57. The van der Waals surface area contributed by atoms with Crippen LogP contribution in [0.5, 0.6) is 23.0 Å². The van der Waals surface area contributed by atoms with Crippen molar-refractivity contribution in [3.8, 4) is 23.0 Å². The second kappa shape index (κ2) is 13.7. The van der Waals surface area contributed by atoms with Gasteiger partial charge in [-0.05, 0) is 48.8 Å². The van der Waals surface area contributed by atoms with Gasteiger partial charge in [-0.15, -0.1) is 0 Å². The predicted octanol–water partition coefficient (Wildman–Crippen LogP) is 5.94. The number of Topliss-reactive ketones (excluding diaryl/α,β-unsaturated/α-hetero) is 2. The molecule has 0 N–H and O–H groups in total. The van der Waals surface area contributed by atoms with E-state index in [9.17, 15) is 14.2 Å². The molecule has 1 unspecified atom stereocenters. The molecule has 1 atom stereocenters. The van der Waals surface area contributed by atoms with E-state index in [4.69, 9.17) is 18.9 Å². The summed E-state index contributed by atoms with van der Waals surface area (Å²) in [4.78, 5) is 27.9. The van der Waals surface area contributed by atoms with Crippen LogP contribution >= 0.6 is 7.80 Å². The highest BCUT2D eigenvalue weighted by atomic mass is 31.1. The van der Waals surface area contributed by atoms with Gasteiger partial charge in [-0.2, -0.15) is 0 Å². The SMILES string of the molecule is COc1cccc(OC)c1C(=O)C(CCC[PH](=O)Cc1ccccc1)C(=O)c1c(OC)cccc1OC. The van der Waals surface area contributed by atoms with E-state index in [-0.39, 0.29) is 17.5 Å². The van der Waals surface area contributed by atoms with Gasteiger partial charge in [0.2, 0.25) is 0 Å². The lowest BCUT2D eigenvalue weighted by Gasteiger charge is -2.20. The lowest BCUT2D eigenvalue weighted by atomic mass is 9.85. The molecule has 0 bridgehead atoms. The number of methoxy groups -OCH3 is 4. The van der Waals surface area contributed by atoms with Crippen molar-refractivity contribution in [1.29, 1.82) is 0 Å². The summed E-state index contributed by atoms with van der Waals surface area (Å²) in [5.74, 6) is -0.705. The Morgan fingerprint density at radius 1 is 0.676 bits per heavy atom. The Morgan fingerprint density at radius 2 is 1.11 bits per heavy atom. The van der Waals surface area contributed by atoms with Crippen molar-refractivity contribution >= 4 is 19.4 Å². The van der Waals surface area contributed by atoms with Crippen LogP contribution in [0.3, 0.4) is 0 Å². The highest BCUT2D eigenvalue weighted by Gasteiger charge is 2.35. The number of rotatable bonds is 14. The average Bonchev–Trinajstić information content (AvgIpc) is 2.94. The van der Waals surface area contributed by atoms with E-state index >= 15 is 0 Å². The molecule has 0 saturated carbocycles. The zero-order chi connectivity index (χ0) is 26.8. The molecule has 0 spiro atoms. The fraction of sp³-hybridized carbons (Fsp3) is 0.310. The third-order valence-electron chi connectivity index (χ3n) is 6.17. The van der Waals surface area contributed by atoms with E-state index in [1.165, 1.54) is 28.4 Å². The van der Waals surface area contributed by atoms with Gasteiger partial charge in [0.1, 0.15) is 34.1 Å². The zero-order valence-electron chi connectivity index (χ0n) is 21.6. The highest BCUT2D eigenvalue weighted by molar-refractivity contribution is 7.43. The third kappa shape index (κ3) is 6.80. The molecule has 0 radical (unpaired) electrons. The first-order valence-corrected chi connectivity index (χ1v) is 13.8. The predicted molar refractivity (Wildman–Crippen MR) is 144 cm³/mol. The van der Waals surface area contributed by atoms with Crippen molar-refractivity contribution in [2.45, 2.75) is 19.0 Å². The number of ketones is 2. The standard InChI is InChI=1S/C29H33O7P/c1-33-22-14-8-15-23(34-2)26(22)28(30)21(13-10-18-37(32)19-20-11-6-5-7-12-20)29(31)27-24(35-3)16-9-17-25(27)36-4/h5-9,11-12,14-17,21,37H,10,13,18-19H2,1-4H3. The monoisotopic (exact) mass is 524 g/mol. The minimum Gasteiger partial charge on any atom is -0.496 e. The molecule has 3 aromatic carbocycles. The van der Waals surface area contributed by atoms with Gasteiger partial charge in [-0.25, -0.2) is 0 Å². The molecular formula is C29H33O7P. The van der Waals surface area contributed by atoms with Crippen LogP contribution in [0.4, 0.5) is 0 Å². The molecule has 0 amide bonds. The molecule has 3 rings (SSSR count). The molecule has 0 heterocycles. The summed E-state index contributed by atoms with van der Waals surface area (Å²) in [6, 6.07) is 19.7. The average molecular weight is 525 g/mol. The number of carbonyl (C=O) groups is 2. The fourth-order valence-electron chi connectivity index (χ4n) is 4.33. The molecule has 196 valence electrons. The summed E-state index contributed by atoms with van der Waals surface area (Å²) in [5.41, 5.74) is 1.39.